The molecule has 0 unspecified atom stereocenters. The molecule has 0 aliphatic heterocycles. The van der Waals surface area contributed by atoms with Gasteiger partial charge in [-0.15, -0.1) is 0 Å². The smallest absolute Gasteiger partial charge is 0.336 e. The van der Waals surface area contributed by atoms with Crippen LogP contribution in [0.4, 0.5) is 0 Å². The first-order chi connectivity index (χ1) is 9.49. The maximum atomic E-state index is 11.5. The van der Waals surface area contributed by atoms with Gasteiger partial charge in [0, 0.05) is 20.6 Å². The number of carbonyl (C=O) groups is 1. The van der Waals surface area contributed by atoms with Gasteiger partial charge >= 0.3 is 5.97 Å². The van der Waals surface area contributed by atoms with Crippen molar-refractivity contribution in [3.8, 4) is 0 Å². The Morgan fingerprint density at radius 2 is 1.70 bits per heavy atom. The van der Waals surface area contributed by atoms with Crippen LogP contribution in [0.5, 0.6) is 0 Å². The second-order valence-electron chi connectivity index (χ2n) is 4.01. The molecule has 2 rings (SSSR count). The molecule has 0 aliphatic carbocycles. The van der Waals surface area contributed by atoms with Gasteiger partial charge in [-0.2, -0.15) is 0 Å². The van der Waals surface area contributed by atoms with Crippen molar-refractivity contribution in [1.29, 1.82) is 0 Å². The highest BCUT2D eigenvalue weighted by Crippen LogP contribution is 2.30. The zero-order chi connectivity index (χ0) is 14.7. The molecule has 2 aromatic carbocycles. The van der Waals surface area contributed by atoms with Gasteiger partial charge in [-0.05, 0) is 35.9 Å². The van der Waals surface area contributed by atoms with E-state index in [1.165, 1.54) is 12.1 Å². The minimum Gasteiger partial charge on any atom is -0.478 e. The van der Waals surface area contributed by atoms with Crippen molar-refractivity contribution >= 4 is 52.4 Å². The van der Waals surface area contributed by atoms with Crippen LogP contribution in [0.25, 0.3) is 11.6 Å². The minimum absolute atomic E-state index is 0.0330. The predicted octanol–water partition coefficient (Wildman–Crippen LogP) is 5.27. The summed E-state index contributed by atoms with van der Waals surface area (Å²) in [4.78, 5) is 11.5. The Morgan fingerprint density at radius 1 is 1.00 bits per heavy atom. The third-order valence-electron chi connectivity index (χ3n) is 2.65. The van der Waals surface area contributed by atoms with Crippen molar-refractivity contribution in [2.75, 3.05) is 0 Å². The number of hydrogen-bond acceptors (Lipinski definition) is 1. The summed E-state index contributed by atoms with van der Waals surface area (Å²) in [5.74, 6) is -1.10. The zero-order valence-corrected chi connectivity index (χ0v) is 12.4. The van der Waals surface area contributed by atoms with E-state index in [1.54, 1.807) is 36.4 Å². The lowest BCUT2D eigenvalue weighted by Gasteiger charge is -2.07. The van der Waals surface area contributed by atoms with E-state index in [1.807, 2.05) is 0 Å². The standard InChI is InChI=1S/C15H9Cl3O2/c16-10-5-6-14(18)11(8-10)12(15(19)20)7-9-3-1-2-4-13(9)17/h1-8H,(H,19,20)/b12-7-. The van der Waals surface area contributed by atoms with Crippen molar-refractivity contribution in [2.45, 2.75) is 0 Å². The molecule has 0 atom stereocenters. The molecule has 1 N–H and O–H groups in total. The quantitative estimate of drug-likeness (QED) is 0.616. The number of hydrogen-bond donors (Lipinski definition) is 1. The van der Waals surface area contributed by atoms with Gasteiger partial charge in [0.25, 0.3) is 0 Å². The Labute approximate surface area is 131 Å². The van der Waals surface area contributed by atoms with Gasteiger partial charge in [-0.1, -0.05) is 53.0 Å². The number of benzene rings is 2. The van der Waals surface area contributed by atoms with Gasteiger partial charge in [0.1, 0.15) is 0 Å². The maximum Gasteiger partial charge on any atom is 0.336 e. The Morgan fingerprint density at radius 3 is 2.35 bits per heavy atom. The van der Waals surface area contributed by atoms with Crippen LogP contribution in [0.2, 0.25) is 15.1 Å². The van der Waals surface area contributed by atoms with Crippen LogP contribution in [0.1, 0.15) is 11.1 Å². The molecular formula is C15H9Cl3O2. The fourth-order valence-corrected chi connectivity index (χ4v) is 2.29. The summed E-state index contributed by atoms with van der Waals surface area (Å²) in [7, 11) is 0. The van der Waals surface area contributed by atoms with Crippen molar-refractivity contribution in [2.24, 2.45) is 0 Å². The fraction of sp³-hybridized carbons (Fsp3) is 0. The first-order valence-corrected chi connectivity index (χ1v) is 6.77. The average molecular weight is 328 g/mol. The topological polar surface area (TPSA) is 37.3 Å². The van der Waals surface area contributed by atoms with Crippen LogP contribution < -0.4 is 0 Å². The molecule has 0 heterocycles. The number of carboxylic acid groups (broad SMARTS) is 1. The molecule has 0 amide bonds. The zero-order valence-electron chi connectivity index (χ0n) is 10.1. The van der Waals surface area contributed by atoms with E-state index in [2.05, 4.69) is 0 Å². The lowest BCUT2D eigenvalue weighted by molar-refractivity contribution is -0.130. The maximum absolute atomic E-state index is 11.5. The van der Waals surface area contributed by atoms with Crippen molar-refractivity contribution in [3.63, 3.8) is 0 Å². The largest absolute Gasteiger partial charge is 0.478 e. The van der Waals surface area contributed by atoms with Gasteiger partial charge in [0.15, 0.2) is 0 Å². The molecule has 0 saturated carbocycles. The fourth-order valence-electron chi connectivity index (χ4n) is 1.71. The van der Waals surface area contributed by atoms with E-state index in [4.69, 9.17) is 34.8 Å². The molecule has 0 radical (unpaired) electrons. The van der Waals surface area contributed by atoms with Crippen molar-refractivity contribution < 1.29 is 9.90 Å². The predicted molar refractivity (Wildman–Crippen MR) is 83.4 cm³/mol. The molecule has 20 heavy (non-hydrogen) atoms. The highest BCUT2D eigenvalue weighted by molar-refractivity contribution is 6.37. The van der Waals surface area contributed by atoms with Gasteiger partial charge < -0.3 is 5.11 Å². The van der Waals surface area contributed by atoms with Crippen LogP contribution in [0.3, 0.4) is 0 Å². The van der Waals surface area contributed by atoms with Crippen molar-refractivity contribution in [1.82, 2.24) is 0 Å². The van der Waals surface area contributed by atoms with E-state index in [-0.39, 0.29) is 5.57 Å². The highest BCUT2D eigenvalue weighted by atomic mass is 35.5. The molecule has 0 spiro atoms. The normalized spacial score (nSPS) is 11.4. The molecule has 5 heteroatoms. The number of halogens is 3. The molecule has 102 valence electrons. The molecule has 2 aromatic rings. The first kappa shape index (κ1) is 14.9. The first-order valence-electron chi connectivity index (χ1n) is 5.64. The highest BCUT2D eigenvalue weighted by Gasteiger charge is 2.15. The number of aliphatic carboxylic acids is 1. The second-order valence-corrected chi connectivity index (χ2v) is 5.26. The summed E-state index contributed by atoms with van der Waals surface area (Å²) in [5, 5.41) is 10.6. The Balaban J connectivity index is 2.61. The summed E-state index contributed by atoms with van der Waals surface area (Å²) in [5.41, 5.74) is 0.986. The summed E-state index contributed by atoms with van der Waals surface area (Å²) in [6, 6.07) is 11.6. The van der Waals surface area contributed by atoms with E-state index in [0.29, 0.717) is 26.2 Å². The Kier molecular flexibility index (Phi) is 4.71. The van der Waals surface area contributed by atoms with Crippen LogP contribution >= 0.6 is 34.8 Å². The summed E-state index contributed by atoms with van der Waals surface area (Å²) in [6.45, 7) is 0. The lowest BCUT2D eigenvalue weighted by atomic mass is 10.0. The second kappa shape index (κ2) is 6.31. The number of rotatable bonds is 3. The Bertz CT molecular complexity index is 693. The lowest BCUT2D eigenvalue weighted by Crippen LogP contribution is -2.00. The SMILES string of the molecule is O=C(O)/C(=C\c1ccccc1Cl)c1cc(Cl)ccc1Cl. The molecule has 0 saturated heterocycles. The van der Waals surface area contributed by atoms with Gasteiger partial charge in [0.05, 0.1) is 5.57 Å². The van der Waals surface area contributed by atoms with E-state index >= 15 is 0 Å². The molecule has 0 fully saturated rings. The van der Waals surface area contributed by atoms with Crippen LogP contribution in [0.15, 0.2) is 42.5 Å². The monoisotopic (exact) mass is 326 g/mol. The third kappa shape index (κ3) is 3.34. The van der Waals surface area contributed by atoms with Gasteiger partial charge in [-0.3, -0.25) is 0 Å². The summed E-state index contributed by atoms with van der Waals surface area (Å²) in [6.07, 6.45) is 1.47. The van der Waals surface area contributed by atoms with Crippen LogP contribution in [0, 0.1) is 0 Å². The average Bonchev–Trinajstić information content (AvgIpc) is 2.40. The molecule has 0 aromatic heterocycles. The molecule has 2 nitrogen and oxygen atoms in total. The van der Waals surface area contributed by atoms with E-state index in [0.717, 1.165) is 0 Å². The molecule has 0 aliphatic rings. The van der Waals surface area contributed by atoms with Gasteiger partial charge in [0.2, 0.25) is 0 Å². The third-order valence-corrected chi connectivity index (χ3v) is 3.56. The van der Waals surface area contributed by atoms with Gasteiger partial charge in [-0.25, -0.2) is 4.79 Å². The van der Waals surface area contributed by atoms with Crippen LogP contribution in [-0.4, -0.2) is 11.1 Å². The molecular weight excluding hydrogens is 319 g/mol. The van der Waals surface area contributed by atoms with E-state index < -0.39 is 5.97 Å². The summed E-state index contributed by atoms with van der Waals surface area (Å²) >= 11 is 18.0. The molecule has 0 bridgehead atoms. The Hall–Kier alpha value is -1.48. The minimum atomic E-state index is -1.10. The van der Waals surface area contributed by atoms with Crippen molar-refractivity contribution in [3.05, 3.63) is 68.7 Å². The van der Waals surface area contributed by atoms with Crippen LogP contribution in [-0.2, 0) is 4.79 Å². The van der Waals surface area contributed by atoms with E-state index in [9.17, 15) is 9.90 Å². The number of carboxylic acids is 1. The summed E-state index contributed by atoms with van der Waals surface area (Å²) < 4.78 is 0.